The van der Waals surface area contributed by atoms with Crippen molar-refractivity contribution >= 4 is 23.6 Å². The normalized spacial score (nSPS) is 15.7. The van der Waals surface area contributed by atoms with Gasteiger partial charge in [0, 0.05) is 18.1 Å². The molecule has 2 amide bonds. The molecule has 6 heteroatoms. The van der Waals surface area contributed by atoms with Gasteiger partial charge in [0.25, 0.3) is 0 Å². The number of halogens is 1. The molecular weight excluding hydrogens is 316 g/mol. The van der Waals surface area contributed by atoms with Gasteiger partial charge in [0.1, 0.15) is 5.60 Å². The Morgan fingerprint density at radius 1 is 1.13 bits per heavy atom. The number of carbonyl (C=O) groups is 2. The molecule has 126 valence electrons. The van der Waals surface area contributed by atoms with E-state index in [1.807, 2.05) is 12.1 Å². The van der Waals surface area contributed by atoms with Gasteiger partial charge in [0.15, 0.2) is 0 Å². The molecule has 2 rings (SSSR count). The second-order valence-electron chi connectivity index (χ2n) is 6.77. The van der Waals surface area contributed by atoms with Gasteiger partial charge < -0.3 is 15.4 Å². The number of rotatable bonds is 5. The summed E-state index contributed by atoms with van der Waals surface area (Å²) < 4.78 is 5.13. The molecule has 1 aromatic carbocycles. The molecule has 0 atom stereocenters. The standard InChI is InChI=1S/C17H23ClN2O3/c1-16(2,3)23-15(22)20-11-10-19-14(21)17(8-9-17)12-4-6-13(18)7-5-12/h4-7H,8-11H2,1-3H3,(H,19,21)(H,20,22). The lowest BCUT2D eigenvalue weighted by molar-refractivity contribution is -0.123. The summed E-state index contributed by atoms with van der Waals surface area (Å²) in [6, 6.07) is 7.39. The third kappa shape index (κ3) is 4.86. The molecule has 0 heterocycles. The maximum Gasteiger partial charge on any atom is 0.407 e. The zero-order chi connectivity index (χ0) is 17.1. The third-order valence-corrected chi connectivity index (χ3v) is 3.91. The smallest absolute Gasteiger partial charge is 0.407 e. The van der Waals surface area contributed by atoms with Crippen LogP contribution in [0.25, 0.3) is 0 Å². The number of amides is 2. The van der Waals surface area contributed by atoms with Crippen molar-refractivity contribution in [1.29, 1.82) is 0 Å². The van der Waals surface area contributed by atoms with E-state index in [0.717, 1.165) is 18.4 Å². The average Bonchev–Trinajstić information content (AvgIpc) is 3.24. The molecule has 0 bridgehead atoms. The first-order valence-corrected chi connectivity index (χ1v) is 8.12. The summed E-state index contributed by atoms with van der Waals surface area (Å²) in [5, 5.41) is 6.15. The second-order valence-corrected chi connectivity index (χ2v) is 7.21. The zero-order valence-corrected chi connectivity index (χ0v) is 14.5. The van der Waals surface area contributed by atoms with E-state index in [9.17, 15) is 9.59 Å². The Hall–Kier alpha value is -1.75. The van der Waals surface area contributed by atoms with Crippen molar-refractivity contribution in [2.75, 3.05) is 13.1 Å². The van der Waals surface area contributed by atoms with Crippen LogP contribution >= 0.6 is 11.6 Å². The van der Waals surface area contributed by atoms with Crippen molar-refractivity contribution < 1.29 is 14.3 Å². The summed E-state index contributed by atoms with van der Waals surface area (Å²) in [6.45, 7) is 6.11. The summed E-state index contributed by atoms with van der Waals surface area (Å²) in [5.74, 6) is -0.00851. The van der Waals surface area contributed by atoms with E-state index >= 15 is 0 Å². The Bertz CT molecular complexity index is 574. The highest BCUT2D eigenvalue weighted by atomic mass is 35.5. The van der Waals surface area contributed by atoms with E-state index in [1.54, 1.807) is 32.9 Å². The van der Waals surface area contributed by atoms with Crippen LogP contribution in [0.15, 0.2) is 24.3 Å². The quantitative estimate of drug-likeness (QED) is 0.811. The number of benzene rings is 1. The van der Waals surface area contributed by atoms with Crippen molar-refractivity contribution in [3.05, 3.63) is 34.9 Å². The van der Waals surface area contributed by atoms with E-state index in [0.29, 0.717) is 18.1 Å². The van der Waals surface area contributed by atoms with E-state index in [1.165, 1.54) is 0 Å². The van der Waals surface area contributed by atoms with Gasteiger partial charge in [-0.2, -0.15) is 0 Å². The molecular formula is C17H23ClN2O3. The molecule has 1 aliphatic rings. The molecule has 5 nitrogen and oxygen atoms in total. The third-order valence-electron chi connectivity index (χ3n) is 3.66. The van der Waals surface area contributed by atoms with Gasteiger partial charge in [-0.05, 0) is 51.3 Å². The van der Waals surface area contributed by atoms with Crippen molar-refractivity contribution in [2.24, 2.45) is 0 Å². The van der Waals surface area contributed by atoms with Crippen LogP contribution in [0.1, 0.15) is 39.2 Å². The fourth-order valence-electron chi connectivity index (χ4n) is 2.36. The molecule has 0 aliphatic heterocycles. The molecule has 23 heavy (non-hydrogen) atoms. The van der Waals surface area contributed by atoms with Crippen LogP contribution in [0, 0.1) is 0 Å². The van der Waals surface area contributed by atoms with Gasteiger partial charge in [0.05, 0.1) is 5.41 Å². The average molecular weight is 339 g/mol. The van der Waals surface area contributed by atoms with Crippen molar-refractivity contribution in [3.8, 4) is 0 Å². The molecule has 1 aliphatic carbocycles. The number of hydrogen-bond donors (Lipinski definition) is 2. The highest BCUT2D eigenvalue weighted by Crippen LogP contribution is 2.48. The van der Waals surface area contributed by atoms with E-state index in [-0.39, 0.29) is 5.91 Å². The molecule has 0 aromatic heterocycles. The van der Waals surface area contributed by atoms with Crippen LogP contribution in [0.5, 0.6) is 0 Å². The molecule has 1 saturated carbocycles. The lowest BCUT2D eigenvalue weighted by Crippen LogP contribution is -2.41. The molecule has 0 spiro atoms. The first-order chi connectivity index (χ1) is 10.7. The van der Waals surface area contributed by atoms with E-state index in [2.05, 4.69) is 10.6 Å². The van der Waals surface area contributed by atoms with Gasteiger partial charge in [-0.25, -0.2) is 4.79 Å². The van der Waals surface area contributed by atoms with Gasteiger partial charge in [-0.1, -0.05) is 23.7 Å². The Balaban J connectivity index is 1.77. The summed E-state index contributed by atoms with van der Waals surface area (Å²) >= 11 is 5.89. The van der Waals surface area contributed by atoms with Crippen LogP contribution in [0.3, 0.4) is 0 Å². The molecule has 0 saturated heterocycles. The van der Waals surface area contributed by atoms with E-state index in [4.69, 9.17) is 16.3 Å². The predicted octanol–water partition coefficient (Wildman–Crippen LogP) is 3.01. The Labute approximate surface area is 141 Å². The van der Waals surface area contributed by atoms with Crippen LogP contribution < -0.4 is 10.6 Å². The van der Waals surface area contributed by atoms with Crippen molar-refractivity contribution in [1.82, 2.24) is 10.6 Å². The van der Waals surface area contributed by atoms with Crippen LogP contribution in [0.4, 0.5) is 4.79 Å². The monoisotopic (exact) mass is 338 g/mol. The lowest BCUT2D eigenvalue weighted by Gasteiger charge is -2.20. The first kappa shape index (κ1) is 17.6. The number of hydrogen-bond acceptors (Lipinski definition) is 3. The SMILES string of the molecule is CC(C)(C)OC(=O)NCCNC(=O)C1(c2ccc(Cl)cc2)CC1. The molecule has 0 unspecified atom stereocenters. The highest BCUT2D eigenvalue weighted by molar-refractivity contribution is 6.30. The largest absolute Gasteiger partial charge is 0.444 e. The maximum absolute atomic E-state index is 12.4. The van der Waals surface area contributed by atoms with Crippen LogP contribution in [-0.2, 0) is 14.9 Å². The Kier molecular flexibility index (Phi) is 5.19. The molecule has 1 aromatic rings. The fourth-order valence-corrected chi connectivity index (χ4v) is 2.49. The zero-order valence-electron chi connectivity index (χ0n) is 13.7. The second kappa shape index (κ2) is 6.79. The van der Waals surface area contributed by atoms with Crippen molar-refractivity contribution in [2.45, 2.75) is 44.6 Å². The Morgan fingerprint density at radius 2 is 1.70 bits per heavy atom. The number of alkyl carbamates (subject to hydrolysis) is 1. The predicted molar refractivity (Wildman–Crippen MR) is 89.6 cm³/mol. The van der Waals surface area contributed by atoms with Crippen LogP contribution in [-0.4, -0.2) is 30.7 Å². The maximum atomic E-state index is 12.4. The number of nitrogens with one attached hydrogen (secondary N) is 2. The number of carbonyl (C=O) groups excluding carboxylic acids is 2. The number of ether oxygens (including phenoxy) is 1. The summed E-state index contributed by atoms with van der Waals surface area (Å²) in [6.07, 6.45) is 1.19. The minimum Gasteiger partial charge on any atom is -0.444 e. The minimum atomic E-state index is -0.528. The first-order valence-electron chi connectivity index (χ1n) is 7.74. The molecule has 2 N–H and O–H groups in total. The summed E-state index contributed by atoms with van der Waals surface area (Å²) in [4.78, 5) is 23.9. The lowest BCUT2D eigenvalue weighted by atomic mass is 9.95. The fraction of sp³-hybridized carbons (Fsp3) is 0.529. The molecule has 0 radical (unpaired) electrons. The van der Waals surface area contributed by atoms with Gasteiger partial charge >= 0.3 is 6.09 Å². The topological polar surface area (TPSA) is 67.4 Å². The minimum absolute atomic E-state index is 0.00851. The van der Waals surface area contributed by atoms with E-state index < -0.39 is 17.1 Å². The van der Waals surface area contributed by atoms with Crippen molar-refractivity contribution in [3.63, 3.8) is 0 Å². The van der Waals surface area contributed by atoms with Crippen LogP contribution in [0.2, 0.25) is 5.02 Å². The molecule has 1 fully saturated rings. The Morgan fingerprint density at radius 3 is 2.22 bits per heavy atom. The van der Waals surface area contributed by atoms with Gasteiger partial charge in [-0.15, -0.1) is 0 Å². The highest BCUT2D eigenvalue weighted by Gasteiger charge is 2.50. The van der Waals surface area contributed by atoms with Gasteiger partial charge in [0.2, 0.25) is 5.91 Å². The van der Waals surface area contributed by atoms with Gasteiger partial charge in [-0.3, -0.25) is 4.79 Å². The summed E-state index contributed by atoms with van der Waals surface area (Å²) in [5.41, 5.74) is 0.0238. The summed E-state index contributed by atoms with van der Waals surface area (Å²) in [7, 11) is 0.